The maximum atomic E-state index is 12.4. The maximum absolute atomic E-state index is 12.4. The van der Waals surface area contributed by atoms with Crippen LogP contribution in [0.4, 0.5) is 5.69 Å². The zero-order chi connectivity index (χ0) is 16.9. The van der Waals surface area contributed by atoms with Crippen molar-refractivity contribution in [2.75, 3.05) is 18.0 Å². The molecule has 2 aromatic carbocycles. The summed E-state index contributed by atoms with van der Waals surface area (Å²) in [6, 6.07) is 15.6. The number of rotatable bonds is 4. The Kier molecular flexibility index (Phi) is 5.64. The molecular weight excluding hydrogens is 343 g/mol. The zero-order valence-electron chi connectivity index (χ0n) is 13.3. The number of carbonyl (C=O) groups is 1. The Morgan fingerprint density at radius 2 is 1.88 bits per heavy atom. The lowest BCUT2D eigenvalue weighted by Crippen LogP contribution is -2.46. The van der Waals surface area contributed by atoms with E-state index in [9.17, 15) is 4.79 Å². The summed E-state index contributed by atoms with van der Waals surface area (Å²) in [6.45, 7) is 1.64. The second-order valence-corrected chi connectivity index (χ2v) is 6.83. The number of amides is 1. The molecular formula is C19H20Cl2N2O. The van der Waals surface area contributed by atoms with Gasteiger partial charge in [-0.15, -0.1) is 0 Å². The third-order valence-electron chi connectivity index (χ3n) is 4.40. The highest BCUT2D eigenvalue weighted by Crippen LogP contribution is 2.25. The van der Waals surface area contributed by atoms with Crippen LogP contribution in [0.1, 0.15) is 29.6 Å². The third-order valence-corrected chi connectivity index (χ3v) is 5.13. The van der Waals surface area contributed by atoms with E-state index in [0.29, 0.717) is 28.2 Å². The van der Waals surface area contributed by atoms with Gasteiger partial charge in [-0.1, -0.05) is 41.4 Å². The van der Waals surface area contributed by atoms with Crippen molar-refractivity contribution >= 4 is 34.8 Å². The number of piperidine rings is 1. The summed E-state index contributed by atoms with van der Waals surface area (Å²) < 4.78 is 0. The highest BCUT2D eigenvalue weighted by atomic mass is 35.5. The predicted molar refractivity (Wildman–Crippen MR) is 100 cm³/mol. The van der Waals surface area contributed by atoms with Gasteiger partial charge in [0.15, 0.2) is 0 Å². The Morgan fingerprint density at radius 3 is 2.62 bits per heavy atom. The first-order valence-electron chi connectivity index (χ1n) is 8.20. The Bertz CT molecular complexity index is 706. The van der Waals surface area contributed by atoms with E-state index in [1.807, 2.05) is 6.07 Å². The third kappa shape index (κ3) is 4.03. The van der Waals surface area contributed by atoms with Crippen molar-refractivity contribution in [3.8, 4) is 0 Å². The minimum Gasteiger partial charge on any atom is -0.367 e. The van der Waals surface area contributed by atoms with Crippen LogP contribution in [-0.2, 0) is 0 Å². The molecule has 0 aromatic heterocycles. The summed E-state index contributed by atoms with van der Waals surface area (Å²) in [7, 11) is 0. The number of carbonyl (C=O) groups excluding carboxylic acids is 1. The van der Waals surface area contributed by atoms with Gasteiger partial charge in [0.1, 0.15) is 0 Å². The number of hydrogen-bond acceptors (Lipinski definition) is 2. The van der Waals surface area contributed by atoms with Crippen molar-refractivity contribution < 1.29 is 4.79 Å². The zero-order valence-corrected chi connectivity index (χ0v) is 14.9. The molecule has 126 valence electrons. The number of halogens is 2. The summed E-state index contributed by atoms with van der Waals surface area (Å²) in [4.78, 5) is 14.8. The van der Waals surface area contributed by atoms with E-state index in [4.69, 9.17) is 23.2 Å². The smallest absolute Gasteiger partial charge is 0.251 e. The Labute approximate surface area is 152 Å². The molecule has 0 spiro atoms. The van der Waals surface area contributed by atoms with Crippen LogP contribution >= 0.6 is 23.2 Å². The van der Waals surface area contributed by atoms with Crippen molar-refractivity contribution in [1.82, 2.24) is 5.32 Å². The van der Waals surface area contributed by atoms with E-state index >= 15 is 0 Å². The second kappa shape index (κ2) is 7.91. The summed E-state index contributed by atoms with van der Waals surface area (Å²) in [5, 5.41) is 3.88. The average molecular weight is 363 g/mol. The molecule has 1 heterocycles. The van der Waals surface area contributed by atoms with Crippen molar-refractivity contribution in [2.45, 2.75) is 25.3 Å². The summed E-state index contributed by atoms with van der Waals surface area (Å²) in [5.41, 5.74) is 1.75. The van der Waals surface area contributed by atoms with E-state index in [1.165, 1.54) is 18.5 Å². The van der Waals surface area contributed by atoms with E-state index in [0.717, 1.165) is 13.0 Å². The standard InChI is InChI=1S/C19H20Cl2N2O/c20-17-10-9-14(12-18(17)21)19(24)22-13-16-8-4-5-11-23(16)15-6-2-1-3-7-15/h1-3,6-7,9-10,12,16H,4-5,8,11,13H2,(H,22,24)/t16-/m0/s1. The van der Waals surface area contributed by atoms with Gasteiger partial charge in [0, 0.05) is 30.4 Å². The quantitative estimate of drug-likeness (QED) is 0.848. The molecule has 0 bridgehead atoms. The van der Waals surface area contributed by atoms with Gasteiger partial charge >= 0.3 is 0 Å². The monoisotopic (exact) mass is 362 g/mol. The molecule has 1 aliphatic heterocycles. The van der Waals surface area contributed by atoms with Crippen molar-refractivity contribution in [3.63, 3.8) is 0 Å². The molecule has 1 atom stereocenters. The van der Waals surface area contributed by atoms with Gasteiger partial charge in [0.25, 0.3) is 5.91 Å². The van der Waals surface area contributed by atoms with Crippen LogP contribution in [0.2, 0.25) is 10.0 Å². The van der Waals surface area contributed by atoms with Crippen LogP contribution in [0.3, 0.4) is 0 Å². The lowest BCUT2D eigenvalue weighted by Gasteiger charge is -2.37. The molecule has 1 aliphatic rings. The minimum atomic E-state index is -0.118. The fourth-order valence-electron chi connectivity index (χ4n) is 3.12. The van der Waals surface area contributed by atoms with E-state index in [-0.39, 0.29) is 5.91 Å². The van der Waals surface area contributed by atoms with Crippen molar-refractivity contribution in [2.24, 2.45) is 0 Å². The van der Waals surface area contributed by atoms with Crippen molar-refractivity contribution in [3.05, 3.63) is 64.1 Å². The van der Waals surface area contributed by atoms with E-state index in [2.05, 4.69) is 34.5 Å². The SMILES string of the molecule is O=C(NC[C@@H]1CCCCN1c1ccccc1)c1ccc(Cl)c(Cl)c1. The highest BCUT2D eigenvalue weighted by Gasteiger charge is 2.23. The Hall–Kier alpha value is -1.71. The van der Waals surface area contributed by atoms with Gasteiger partial charge in [0.2, 0.25) is 0 Å². The fourth-order valence-corrected chi connectivity index (χ4v) is 3.42. The highest BCUT2D eigenvalue weighted by molar-refractivity contribution is 6.42. The summed E-state index contributed by atoms with van der Waals surface area (Å²) in [5.74, 6) is -0.118. The first kappa shape index (κ1) is 17.1. The molecule has 2 aromatic rings. The fraction of sp³-hybridized carbons (Fsp3) is 0.316. The van der Waals surface area contributed by atoms with Crippen molar-refractivity contribution in [1.29, 1.82) is 0 Å². The number of benzene rings is 2. The molecule has 24 heavy (non-hydrogen) atoms. The summed E-state index contributed by atoms with van der Waals surface area (Å²) >= 11 is 11.9. The Morgan fingerprint density at radius 1 is 1.08 bits per heavy atom. The first-order chi connectivity index (χ1) is 11.6. The number of nitrogens with one attached hydrogen (secondary N) is 1. The lowest BCUT2D eigenvalue weighted by molar-refractivity contribution is 0.0949. The normalized spacial score (nSPS) is 17.6. The molecule has 5 heteroatoms. The van der Waals surface area contributed by atoms with Gasteiger partial charge in [-0.3, -0.25) is 4.79 Å². The Balaban J connectivity index is 1.65. The largest absolute Gasteiger partial charge is 0.367 e. The number of hydrogen-bond donors (Lipinski definition) is 1. The number of nitrogens with zero attached hydrogens (tertiary/aromatic N) is 1. The molecule has 0 unspecified atom stereocenters. The average Bonchev–Trinajstić information content (AvgIpc) is 2.63. The van der Waals surface area contributed by atoms with Gasteiger partial charge in [-0.25, -0.2) is 0 Å². The van der Waals surface area contributed by atoms with Gasteiger partial charge < -0.3 is 10.2 Å². The van der Waals surface area contributed by atoms with Crippen LogP contribution in [-0.4, -0.2) is 25.0 Å². The topological polar surface area (TPSA) is 32.3 Å². The minimum absolute atomic E-state index is 0.118. The molecule has 3 nitrogen and oxygen atoms in total. The van der Waals surface area contributed by atoms with Crippen LogP contribution in [0.15, 0.2) is 48.5 Å². The van der Waals surface area contributed by atoms with Gasteiger partial charge in [-0.2, -0.15) is 0 Å². The molecule has 0 radical (unpaired) electrons. The molecule has 1 amide bonds. The molecule has 0 saturated carbocycles. The molecule has 1 N–H and O–H groups in total. The van der Waals surface area contributed by atoms with Gasteiger partial charge in [0.05, 0.1) is 10.0 Å². The molecule has 1 saturated heterocycles. The van der Waals surface area contributed by atoms with E-state index < -0.39 is 0 Å². The van der Waals surface area contributed by atoms with Crippen LogP contribution < -0.4 is 10.2 Å². The molecule has 0 aliphatic carbocycles. The maximum Gasteiger partial charge on any atom is 0.251 e. The first-order valence-corrected chi connectivity index (χ1v) is 8.95. The number of para-hydroxylation sites is 1. The predicted octanol–water partition coefficient (Wildman–Crippen LogP) is 4.78. The van der Waals surface area contributed by atoms with E-state index in [1.54, 1.807) is 18.2 Å². The van der Waals surface area contributed by atoms with Crippen LogP contribution in [0.25, 0.3) is 0 Å². The second-order valence-electron chi connectivity index (χ2n) is 6.02. The summed E-state index contributed by atoms with van der Waals surface area (Å²) in [6.07, 6.45) is 3.46. The molecule has 3 rings (SSSR count). The van der Waals surface area contributed by atoms with Crippen LogP contribution in [0.5, 0.6) is 0 Å². The van der Waals surface area contributed by atoms with Crippen LogP contribution in [0, 0.1) is 0 Å². The van der Waals surface area contributed by atoms with Gasteiger partial charge in [-0.05, 0) is 49.6 Å². The molecule has 1 fully saturated rings. The lowest BCUT2D eigenvalue weighted by atomic mass is 10.0. The number of anilines is 1.